The molecule has 0 radical (unpaired) electrons. The Bertz CT molecular complexity index is 1050. The summed E-state index contributed by atoms with van der Waals surface area (Å²) in [6.07, 6.45) is 1.07. The monoisotopic (exact) mass is 401 g/mol. The third kappa shape index (κ3) is 4.68. The number of ether oxygens (including phenoxy) is 3. The van der Waals surface area contributed by atoms with Crippen molar-refractivity contribution in [2.45, 2.75) is 0 Å². The van der Waals surface area contributed by atoms with E-state index in [1.165, 1.54) is 20.3 Å². The van der Waals surface area contributed by atoms with E-state index in [0.717, 1.165) is 11.8 Å². The Morgan fingerprint density at radius 3 is 2.11 bits per heavy atom. The zero-order valence-electron chi connectivity index (χ0n) is 15.5. The molecule has 3 aromatic rings. The van der Waals surface area contributed by atoms with Gasteiger partial charge in [-0.2, -0.15) is 9.97 Å². The van der Waals surface area contributed by atoms with Crippen molar-refractivity contribution in [3.05, 3.63) is 54.6 Å². The minimum absolute atomic E-state index is 0.0436. The molecule has 9 heteroatoms. The molecule has 0 aliphatic heterocycles. The fourth-order valence-corrected chi connectivity index (χ4v) is 3.08. The summed E-state index contributed by atoms with van der Waals surface area (Å²) in [5.74, 6) is 0.736. The molecule has 146 valence electrons. The van der Waals surface area contributed by atoms with E-state index in [0.29, 0.717) is 5.56 Å². The molecule has 0 aliphatic rings. The molecule has 0 amide bonds. The highest BCUT2D eigenvalue weighted by molar-refractivity contribution is 7.92. The van der Waals surface area contributed by atoms with Gasteiger partial charge in [0.1, 0.15) is 0 Å². The van der Waals surface area contributed by atoms with Gasteiger partial charge in [-0.1, -0.05) is 42.5 Å². The predicted molar refractivity (Wildman–Crippen MR) is 106 cm³/mol. The van der Waals surface area contributed by atoms with Gasteiger partial charge in [-0.25, -0.2) is 8.42 Å². The average Bonchev–Trinajstić information content (AvgIpc) is 2.68. The molecule has 0 fully saturated rings. The molecule has 3 rings (SSSR count). The van der Waals surface area contributed by atoms with Crippen molar-refractivity contribution in [2.24, 2.45) is 0 Å². The number of hydrogen-bond acceptors (Lipinski definition) is 7. The van der Waals surface area contributed by atoms with Crippen LogP contribution in [0.15, 0.2) is 54.6 Å². The van der Waals surface area contributed by atoms with Crippen molar-refractivity contribution < 1.29 is 22.6 Å². The molecule has 0 aliphatic carbocycles. The smallest absolute Gasteiger partial charge is 0.328 e. The van der Waals surface area contributed by atoms with E-state index in [2.05, 4.69) is 14.7 Å². The van der Waals surface area contributed by atoms with Crippen molar-refractivity contribution in [2.75, 3.05) is 25.2 Å². The van der Waals surface area contributed by atoms with Crippen molar-refractivity contribution in [1.82, 2.24) is 9.97 Å². The van der Waals surface area contributed by atoms with E-state index in [1.54, 1.807) is 18.2 Å². The predicted octanol–water partition coefficient (Wildman–Crippen LogP) is 3.32. The SMILES string of the molecule is COc1cc(OC)nc(Oc2cccc(-c3ccccc3)c2NS(C)(=O)=O)n1. The fraction of sp³-hybridized carbons (Fsp3) is 0.158. The Kier molecular flexibility index (Phi) is 5.65. The normalized spacial score (nSPS) is 11.0. The van der Waals surface area contributed by atoms with Gasteiger partial charge in [-0.3, -0.25) is 4.72 Å². The largest absolute Gasteiger partial charge is 0.481 e. The maximum absolute atomic E-state index is 12.0. The summed E-state index contributed by atoms with van der Waals surface area (Å²) in [5, 5.41) is 0. The number of nitrogens with one attached hydrogen (secondary N) is 1. The van der Waals surface area contributed by atoms with Gasteiger partial charge < -0.3 is 14.2 Å². The summed E-state index contributed by atoms with van der Waals surface area (Å²) >= 11 is 0. The third-order valence-electron chi connectivity index (χ3n) is 3.68. The number of hydrogen-bond donors (Lipinski definition) is 1. The molecular weight excluding hydrogens is 382 g/mol. The first kappa shape index (κ1) is 19.4. The molecule has 0 bridgehead atoms. The van der Waals surface area contributed by atoms with Crippen LogP contribution in [-0.4, -0.2) is 38.9 Å². The number of para-hydroxylation sites is 1. The lowest BCUT2D eigenvalue weighted by Gasteiger charge is -2.16. The molecule has 0 atom stereocenters. The van der Waals surface area contributed by atoms with Gasteiger partial charge in [-0.05, 0) is 11.6 Å². The van der Waals surface area contributed by atoms with Crippen molar-refractivity contribution >= 4 is 15.7 Å². The second kappa shape index (κ2) is 8.13. The molecule has 0 saturated carbocycles. The zero-order chi connectivity index (χ0) is 20.1. The molecule has 1 N–H and O–H groups in total. The van der Waals surface area contributed by atoms with Crippen LogP contribution in [0.25, 0.3) is 11.1 Å². The second-order valence-electron chi connectivity index (χ2n) is 5.76. The van der Waals surface area contributed by atoms with Crippen LogP contribution in [-0.2, 0) is 10.0 Å². The first-order chi connectivity index (χ1) is 13.4. The van der Waals surface area contributed by atoms with Crippen molar-refractivity contribution in [3.63, 3.8) is 0 Å². The van der Waals surface area contributed by atoms with Crippen molar-refractivity contribution in [1.29, 1.82) is 0 Å². The Morgan fingerprint density at radius 1 is 0.893 bits per heavy atom. The molecular formula is C19H19N3O5S. The van der Waals surface area contributed by atoms with E-state index in [-0.39, 0.29) is 29.2 Å². The van der Waals surface area contributed by atoms with Gasteiger partial charge >= 0.3 is 6.01 Å². The van der Waals surface area contributed by atoms with E-state index < -0.39 is 10.0 Å². The number of nitrogens with zero attached hydrogens (tertiary/aromatic N) is 2. The molecule has 28 heavy (non-hydrogen) atoms. The van der Waals surface area contributed by atoms with Crippen LogP contribution in [0.1, 0.15) is 0 Å². The maximum atomic E-state index is 12.0. The Morgan fingerprint density at radius 2 is 1.54 bits per heavy atom. The summed E-state index contributed by atoms with van der Waals surface area (Å²) in [6.45, 7) is 0. The van der Waals surface area contributed by atoms with Crippen LogP contribution >= 0.6 is 0 Å². The first-order valence-electron chi connectivity index (χ1n) is 8.21. The van der Waals surface area contributed by atoms with Crippen LogP contribution < -0.4 is 18.9 Å². The maximum Gasteiger partial charge on any atom is 0.328 e. The van der Waals surface area contributed by atoms with E-state index >= 15 is 0 Å². The third-order valence-corrected chi connectivity index (χ3v) is 4.25. The Labute approximate surface area is 163 Å². The van der Waals surface area contributed by atoms with Gasteiger partial charge in [0.15, 0.2) is 5.75 Å². The highest BCUT2D eigenvalue weighted by Gasteiger charge is 2.17. The quantitative estimate of drug-likeness (QED) is 0.648. The Balaban J connectivity index is 2.11. The highest BCUT2D eigenvalue weighted by Crippen LogP contribution is 2.38. The summed E-state index contributed by atoms with van der Waals surface area (Å²) in [7, 11) is -0.655. The van der Waals surface area contributed by atoms with E-state index in [4.69, 9.17) is 14.2 Å². The number of anilines is 1. The molecule has 1 heterocycles. The first-order valence-corrected chi connectivity index (χ1v) is 10.1. The van der Waals surface area contributed by atoms with Gasteiger partial charge in [0.05, 0.1) is 32.2 Å². The van der Waals surface area contributed by atoms with Gasteiger partial charge in [0, 0.05) is 5.56 Å². The topological polar surface area (TPSA) is 99.6 Å². The van der Waals surface area contributed by atoms with Crippen LogP contribution in [0.4, 0.5) is 5.69 Å². The lowest BCUT2D eigenvalue weighted by atomic mass is 10.0. The summed E-state index contributed by atoms with van der Waals surface area (Å²) in [6, 6.07) is 16.0. The van der Waals surface area contributed by atoms with Crippen LogP contribution in [0.3, 0.4) is 0 Å². The van der Waals surface area contributed by atoms with Crippen molar-refractivity contribution in [3.8, 4) is 34.6 Å². The molecule has 8 nitrogen and oxygen atoms in total. The number of sulfonamides is 1. The average molecular weight is 401 g/mol. The minimum atomic E-state index is -3.57. The summed E-state index contributed by atoms with van der Waals surface area (Å²) in [5.41, 5.74) is 1.75. The lowest BCUT2D eigenvalue weighted by Crippen LogP contribution is -2.11. The summed E-state index contributed by atoms with van der Waals surface area (Å²) < 4.78 is 42.5. The summed E-state index contributed by atoms with van der Waals surface area (Å²) in [4.78, 5) is 8.24. The highest BCUT2D eigenvalue weighted by atomic mass is 32.2. The van der Waals surface area contributed by atoms with Gasteiger partial charge in [0.2, 0.25) is 21.8 Å². The van der Waals surface area contributed by atoms with Crippen LogP contribution in [0.5, 0.6) is 23.5 Å². The number of rotatable bonds is 7. The Hall–Kier alpha value is -3.33. The molecule has 0 saturated heterocycles. The molecule has 0 unspecified atom stereocenters. The molecule has 1 aromatic heterocycles. The van der Waals surface area contributed by atoms with Crippen LogP contribution in [0.2, 0.25) is 0 Å². The fourth-order valence-electron chi connectivity index (χ4n) is 2.50. The second-order valence-corrected chi connectivity index (χ2v) is 7.50. The zero-order valence-corrected chi connectivity index (χ0v) is 16.4. The number of methoxy groups -OCH3 is 2. The number of benzene rings is 2. The molecule has 0 spiro atoms. The molecule has 2 aromatic carbocycles. The lowest BCUT2D eigenvalue weighted by molar-refractivity contribution is 0.348. The van der Waals surface area contributed by atoms with Crippen LogP contribution in [0, 0.1) is 0 Å². The standard InChI is InChI=1S/C19H19N3O5S/c1-25-16-12-17(26-2)21-19(20-16)27-15-11-7-10-14(13-8-5-4-6-9-13)18(15)22-28(3,23)24/h4-12,22H,1-3H3. The van der Waals surface area contributed by atoms with Gasteiger partial charge in [-0.15, -0.1) is 0 Å². The van der Waals surface area contributed by atoms with E-state index in [1.807, 2.05) is 30.3 Å². The van der Waals surface area contributed by atoms with E-state index in [9.17, 15) is 8.42 Å². The van der Waals surface area contributed by atoms with Gasteiger partial charge in [0.25, 0.3) is 0 Å². The number of aromatic nitrogens is 2. The minimum Gasteiger partial charge on any atom is -0.481 e.